The van der Waals surface area contributed by atoms with Gasteiger partial charge in [0.1, 0.15) is 0 Å². The number of anilines is 1. The maximum atomic E-state index is 12.9. The summed E-state index contributed by atoms with van der Waals surface area (Å²) in [5.74, 6) is -0.699. The van der Waals surface area contributed by atoms with E-state index in [4.69, 9.17) is 0 Å². The molecule has 1 N–H and O–H groups in total. The normalized spacial score (nSPS) is 21.7. The van der Waals surface area contributed by atoms with Gasteiger partial charge in [-0.3, -0.25) is 4.79 Å². The highest BCUT2D eigenvalue weighted by atomic mass is 16.3. The highest BCUT2D eigenvalue weighted by Crippen LogP contribution is 2.48. The Bertz CT molecular complexity index is 738. The molecule has 0 saturated heterocycles. The molecule has 23 heavy (non-hydrogen) atoms. The van der Waals surface area contributed by atoms with E-state index in [-0.39, 0.29) is 5.91 Å². The molecule has 0 radical (unpaired) electrons. The molecule has 1 heterocycles. The molecule has 0 unspecified atom stereocenters. The molecule has 2 atom stereocenters. The van der Waals surface area contributed by atoms with Crippen molar-refractivity contribution in [3.63, 3.8) is 0 Å². The van der Waals surface area contributed by atoms with Crippen molar-refractivity contribution in [2.75, 3.05) is 11.9 Å². The lowest BCUT2D eigenvalue weighted by atomic mass is 9.77. The zero-order valence-corrected chi connectivity index (χ0v) is 13.4. The van der Waals surface area contributed by atoms with Gasteiger partial charge in [-0.2, -0.15) is 0 Å². The molecule has 3 nitrogen and oxygen atoms in total. The molecule has 3 heteroatoms. The predicted molar refractivity (Wildman–Crippen MR) is 92.4 cm³/mol. The number of nitrogens with zero attached hydrogens (tertiary/aromatic N) is 1. The first kappa shape index (κ1) is 15.5. The standard InChI is InChI=1S/C20H21NO2/c1-3-4-12-16(15-10-6-5-7-11-15)20(23)17-13-8-9-14-18(17)21(2)19(20)22/h4-14,16,23H,3H2,1-2H3/b12-4+/t16-,20+/m0/s1. The number of carbonyl (C=O) groups excluding carboxylic acids is 1. The number of hydrogen-bond acceptors (Lipinski definition) is 2. The van der Waals surface area contributed by atoms with Crippen molar-refractivity contribution in [1.82, 2.24) is 0 Å². The van der Waals surface area contributed by atoms with E-state index in [2.05, 4.69) is 0 Å². The smallest absolute Gasteiger partial charge is 0.264 e. The summed E-state index contributed by atoms with van der Waals surface area (Å²) in [6.07, 6.45) is 4.80. The summed E-state index contributed by atoms with van der Waals surface area (Å²) in [5.41, 5.74) is 0.796. The summed E-state index contributed by atoms with van der Waals surface area (Å²) in [7, 11) is 1.71. The number of allylic oxidation sites excluding steroid dienone is 1. The van der Waals surface area contributed by atoms with Crippen LogP contribution in [0.5, 0.6) is 0 Å². The molecule has 1 amide bonds. The van der Waals surface area contributed by atoms with Gasteiger partial charge >= 0.3 is 0 Å². The third-order valence-corrected chi connectivity index (χ3v) is 4.48. The monoisotopic (exact) mass is 307 g/mol. The second kappa shape index (κ2) is 6.01. The van der Waals surface area contributed by atoms with Crippen LogP contribution in [0.2, 0.25) is 0 Å². The molecule has 2 aromatic rings. The summed E-state index contributed by atoms with van der Waals surface area (Å²) in [5, 5.41) is 11.5. The lowest BCUT2D eigenvalue weighted by Crippen LogP contribution is -2.42. The molecule has 0 spiro atoms. The molecule has 0 aromatic heterocycles. The Labute approximate surface area is 136 Å². The van der Waals surface area contributed by atoms with E-state index in [1.807, 2.05) is 73.7 Å². The van der Waals surface area contributed by atoms with Gasteiger partial charge in [0.2, 0.25) is 0 Å². The van der Waals surface area contributed by atoms with E-state index in [1.54, 1.807) is 11.9 Å². The number of rotatable bonds is 4. The van der Waals surface area contributed by atoms with Gasteiger partial charge in [-0.25, -0.2) is 0 Å². The third kappa shape index (κ3) is 2.37. The third-order valence-electron chi connectivity index (χ3n) is 4.48. The van der Waals surface area contributed by atoms with Crippen LogP contribution < -0.4 is 4.90 Å². The molecular weight excluding hydrogens is 286 g/mol. The SMILES string of the molecule is CC/C=C/[C@@H](c1ccccc1)[C@]1(O)C(=O)N(C)c2ccccc21. The van der Waals surface area contributed by atoms with Crippen molar-refractivity contribution in [3.8, 4) is 0 Å². The molecule has 3 rings (SSSR count). The maximum Gasteiger partial charge on any atom is 0.264 e. The van der Waals surface area contributed by atoms with Gasteiger partial charge in [0, 0.05) is 18.5 Å². The Morgan fingerprint density at radius 1 is 1.13 bits per heavy atom. The molecule has 0 saturated carbocycles. The van der Waals surface area contributed by atoms with Gasteiger partial charge in [0.15, 0.2) is 5.60 Å². The molecular formula is C20H21NO2. The minimum absolute atomic E-state index is 0.284. The van der Waals surface area contributed by atoms with Gasteiger partial charge in [-0.05, 0) is 18.1 Å². The zero-order chi connectivity index (χ0) is 16.4. The fraction of sp³-hybridized carbons (Fsp3) is 0.250. The van der Waals surface area contributed by atoms with Crippen molar-refractivity contribution >= 4 is 11.6 Å². The van der Waals surface area contributed by atoms with E-state index in [0.29, 0.717) is 5.56 Å². The Morgan fingerprint density at radius 3 is 2.48 bits per heavy atom. The van der Waals surface area contributed by atoms with Crippen molar-refractivity contribution in [3.05, 3.63) is 77.9 Å². The van der Waals surface area contributed by atoms with Crippen molar-refractivity contribution < 1.29 is 9.90 Å². The summed E-state index contributed by atoms with van der Waals surface area (Å²) in [4.78, 5) is 14.5. The van der Waals surface area contributed by atoms with Gasteiger partial charge in [0.25, 0.3) is 5.91 Å². The fourth-order valence-electron chi connectivity index (χ4n) is 3.29. The summed E-state index contributed by atoms with van der Waals surface area (Å²) in [6.45, 7) is 2.04. The molecule has 0 bridgehead atoms. The minimum atomic E-state index is -1.57. The first-order valence-corrected chi connectivity index (χ1v) is 7.92. The second-order valence-electron chi connectivity index (χ2n) is 5.87. The van der Waals surface area contributed by atoms with E-state index in [9.17, 15) is 9.90 Å². The minimum Gasteiger partial charge on any atom is -0.374 e. The van der Waals surface area contributed by atoms with Gasteiger partial charge in [0.05, 0.1) is 5.69 Å². The molecule has 1 aliphatic heterocycles. The molecule has 0 fully saturated rings. The number of hydrogen-bond donors (Lipinski definition) is 1. The zero-order valence-electron chi connectivity index (χ0n) is 13.4. The second-order valence-corrected chi connectivity index (χ2v) is 5.87. The summed E-state index contributed by atoms with van der Waals surface area (Å²) < 4.78 is 0. The Hall–Kier alpha value is -2.39. The van der Waals surface area contributed by atoms with Crippen molar-refractivity contribution in [2.24, 2.45) is 0 Å². The summed E-state index contributed by atoms with van der Waals surface area (Å²) in [6, 6.07) is 17.2. The van der Waals surface area contributed by atoms with Crippen LogP contribution in [0.15, 0.2) is 66.7 Å². The summed E-state index contributed by atoms with van der Waals surface area (Å²) >= 11 is 0. The van der Waals surface area contributed by atoms with E-state index in [0.717, 1.165) is 17.7 Å². The largest absolute Gasteiger partial charge is 0.374 e. The average molecular weight is 307 g/mol. The van der Waals surface area contributed by atoms with E-state index >= 15 is 0 Å². The lowest BCUT2D eigenvalue weighted by Gasteiger charge is -2.30. The van der Waals surface area contributed by atoms with Crippen LogP contribution in [-0.4, -0.2) is 18.1 Å². The Morgan fingerprint density at radius 2 is 1.78 bits per heavy atom. The van der Waals surface area contributed by atoms with Gasteiger partial charge in [-0.15, -0.1) is 0 Å². The quantitative estimate of drug-likeness (QED) is 0.877. The van der Waals surface area contributed by atoms with Crippen LogP contribution in [0.3, 0.4) is 0 Å². The predicted octanol–water partition coefficient (Wildman–Crippen LogP) is 3.60. The van der Waals surface area contributed by atoms with E-state index in [1.165, 1.54) is 0 Å². The number of amides is 1. The number of likely N-dealkylation sites (N-methyl/N-ethyl adjacent to an activating group) is 1. The molecule has 0 aliphatic carbocycles. The lowest BCUT2D eigenvalue weighted by molar-refractivity contribution is -0.137. The first-order valence-electron chi connectivity index (χ1n) is 7.92. The number of fused-ring (bicyclic) bond motifs is 1. The topological polar surface area (TPSA) is 40.5 Å². The van der Waals surface area contributed by atoms with Crippen LogP contribution >= 0.6 is 0 Å². The maximum absolute atomic E-state index is 12.9. The number of para-hydroxylation sites is 1. The highest BCUT2D eigenvalue weighted by molar-refractivity contribution is 6.07. The van der Waals surface area contributed by atoms with Crippen LogP contribution in [0.25, 0.3) is 0 Å². The van der Waals surface area contributed by atoms with Crippen LogP contribution in [0, 0.1) is 0 Å². The van der Waals surface area contributed by atoms with Crippen LogP contribution in [0.1, 0.15) is 30.4 Å². The first-order chi connectivity index (χ1) is 11.1. The van der Waals surface area contributed by atoms with E-state index < -0.39 is 11.5 Å². The molecule has 1 aliphatic rings. The highest BCUT2D eigenvalue weighted by Gasteiger charge is 2.53. The van der Waals surface area contributed by atoms with Gasteiger partial charge < -0.3 is 10.0 Å². The molecule has 118 valence electrons. The number of carbonyl (C=O) groups is 1. The fourth-order valence-corrected chi connectivity index (χ4v) is 3.29. The Kier molecular flexibility index (Phi) is 4.05. The van der Waals surface area contributed by atoms with Crippen LogP contribution in [-0.2, 0) is 10.4 Å². The number of benzene rings is 2. The van der Waals surface area contributed by atoms with Gasteiger partial charge in [-0.1, -0.05) is 67.6 Å². The van der Waals surface area contributed by atoms with Crippen molar-refractivity contribution in [1.29, 1.82) is 0 Å². The van der Waals surface area contributed by atoms with Crippen molar-refractivity contribution in [2.45, 2.75) is 24.9 Å². The Balaban J connectivity index is 2.19. The average Bonchev–Trinajstić information content (AvgIpc) is 2.79. The van der Waals surface area contributed by atoms with Crippen LogP contribution in [0.4, 0.5) is 5.69 Å². The number of aliphatic hydroxyl groups is 1. The molecule has 2 aromatic carbocycles.